The summed E-state index contributed by atoms with van der Waals surface area (Å²) in [6, 6.07) is 16.6. The molecular formula is C20H24N4O2. The fraction of sp³-hybridized carbons (Fsp3) is 0.300. The molecular weight excluding hydrogens is 328 g/mol. The third-order valence-electron chi connectivity index (χ3n) is 4.52. The molecule has 0 bridgehead atoms. The summed E-state index contributed by atoms with van der Waals surface area (Å²) in [5, 5.41) is 2.50. The van der Waals surface area contributed by atoms with Crippen LogP contribution in [0.2, 0.25) is 0 Å². The Labute approximate surface area is 153 Å². The summed E-state index contributed by atoms with van der Waals surface area (Å²) < 4.78 is 0. The van der Waals surface area contributed by atoms with Gasteiger partial charge in [-0.1, -0.05) is 30.3 Å². The van der Waals surface area contributed by atoms with Gasteiger partial charge in [-0.25, -0.2) is 4.79 Å². The molecule has 1 aliphatic heterocycles. The van der Waals surface area contributed by atoms with Gasteiger partial charge in [-0.05, 0) is 36.2 Å². The van der Waals surface area contributed by atoms with Gasteiger partial charge in [0.2, 0.25) is 0 Å². The van der Waals surface area contributed by atoms with Crippen molar-refractivity contribution in [2.24, 2.45) is 5.73 Å². The van der Waals surface area contributed by atoms with Crippen LogP contribution in [-0.2, 0) is 6.54 Å². The molecule has 0 atom stereocenters. The zero-order valence-electron chi connectivity index (χ0n) is 14.7. The van der Waals surface area contributed by atoms with E-state index >= 15 is 0 Å². The Morgan fingerprint density at radius 1 is 0.923 bits per heavy atom. The average molecular weight is 352 g/mol. The highest BCUT2D eigenvalue weighted by Crippen LogP contribution is 2.14. The highest BCUT2D eigenvalue weighted by Gasteiger charge is 2.20. The van der Waals surface area contributed by atoms with Crippen LogP contribution in [0.15, 0.2) is 54.6 Å². The van der Waals surface area contributed by atoms with Crippen LogP contribution in [0.1, 0.15) is 22.3 Å². The van der Waals surface area contributed by atoms with Crippen LogP contribution in [-0.4, -0.2) is 47.9 Å². The SMILES string of the molecule is NC(=O)Nc1ccc(C(=O)N2CCCN(Cc3ccccc3)CC2)cc1. The van der Waals surface area contributed by atoms with E-state index in [1.165, 1.54) is 5.56 Å². The Morgan fingerprint density at radius 3 is 2.35 bits per heavy atom. The first-order chi connectivity index (χ1) is 12.6. The van der Waals surface area contributed by atoms with Crippen molar-refractivity contribution in [3.63, 3.8) is 0 Å². The lowest BCUT2D eigenvalue weighted by Gasteiger charge is -2.22. The molecule has 2 aromatic rings. The maximum absolute atomic E-state index is 12.7. The first-order valence-electron chi connectivity index (χ1n) is 8.84. The Morgan fingerprint density at radius 2 is 1.65 bits per heavy atom. The van der Waals surface area contributed by atoms with Gasteiger partial charge in [0.05, 0.1) is 0 Å². The van der Waals surface area contributed by atoms with Gasteiger partial charge in [0, 0.05) is 44.0 Å². The van der Waals surface area contributed by atoms with E-state index in [2.05, 4.69) is 34.5 Å². The lowest BCUT2D eigenvalue weighted by molar-refractivity contribution is 0.0761. The largest absolute Gasteiger partial charge is 0.351 e. The van der Waals surface area contributed by atoms with Crippen LogP contribution in [0.5, 0.6) is 0 Å². The van der Waals surface area contributed by atoms with Gasteiger partial charge in [0.1, 0.15) is 0 Å². The lowest BCUT2D eigenvalue weighted by atomic mass is 10.1. The summed E-state index contributed by atoms with van der Waals surface area (Å²) in [4.78, 5) is 27.9. The van der Waals surface area contributed by atoms with Crippen LogP contribution in [0.3, 0.4) is 0 Å². The number of hydrogen-bond donors (Lipinski definition) is 2. The number of rotatable bonds is 4. The predicted molar refractivity (Wildman–Crippen MR) is 102 cm³/mol. The van der Waals surface area contributed by atoms with Gasteiger partial charge >= 0.3 is 6.03 Å². The van der Waals surface area contributed by atoms with E-state index in [0.29, 0.717) is 17.8 Å². The van der Waals surface area contributed by atoms with E-state index in [1.807, 2.05) is 11.0 Å². The van der Waals surface area contributed by atoms with Crippen LogP contribution >= 0.6 is 0 Å². The number of carbonyl (C=O) groups excluding carboxylic acids is 2. The molecule has 6 nitrogen and oxygen atoms in total. The highest BCUT2D eigenvalue weighted by atomic mass is 16.2. The summed E-state index contributed by atoms with van der Waals surface area (Å²) in [7, 11) is 0. The number of hydrogen-bond acceptors (Lipinski definition) is 3. The molecule has 2 aromatic carbocycles. The Hall–Kier alpha value is -2.86. The molecule has 0 radical (unpaired) electrons. The number of nitrogens with zero attached hydrogens (tertiary/aromatic N) is 2. The molecule has 3 amide bonds. The molecule has 0 aliphatic carbocycles. The van der Waals surface area contributed by atoms with Crippen molar-refractivity contribution >= 4 is 17.6 Å². The quantitative estimate of drug-likeness (QED) is 0.887. The number of urea groups is 1. The summed E-state index contributed by atoms with van der Waals surface area (Å²) >= 11 is 0. The maximum atomic E-state index is 12.7. The van der Waals surface area contributed by atoms with Crippen LogP contribution in [0, 0.1) is 0 Å². The average Bonchev–Trinajstić information content (AvgIpc) is 2.88. The molecule has 0 spiro atoms. The molecule has 3 rings (SSSR count). The second-order valence-corrected chi connectivity index (χ2v) is 6.47. The van der Waals surface area contributed by atoms with E-state index in [-0.39, 0.29) is 5.91 Å². The van der Waals surface area contributed by atoms with Crippen LogP contribution < -0.4 is 11.1 Å². The van der Waals surface area contributed by atoms with Crippen molar-refractivity contribution in [2.75, 3.05) is 31.5 Å². The Balaban J connectivity index is 1.58. The number of benzene rings is 2. The number of nitrogens with two attached hydrogens (primary N) is 1. The number of nitrogens with one attached hydrogen (secondary N) is 1. The normalized spacial score (nSPS) is 15.3. The van der Waals surface area contributed by atoms with E-state index < -0.39 is 6.03 Å². The first-order valence-corrected chi connectivity index (χ1v) is 8.84. The van der Waals surface area contributed by atoms with Crippen molar-refractivity contribution in [1.82, 2.24) is 9.80 Å². The summed E-state index contributed by atoms with van der Waals surface area (Å²) in [6.45, 7) is 4.23. The smallest absolute Gasteiger partial charge is 0.316 e. The summed E-state index contributed by atoms with van der Waals surface area (Å²) in [6.07, 6.45) is 0.958. The van der Waals surface area contributed by atoms with E-state index in [4.69, 9.17) is 5.73 Å². The van der Waals surface area contributed by atoms with Gasteiger partial charge < -0.3 is 16.0 Å². The topological polar surface area (TPSA) is 78.7 Å². The monoisotopic (exact) mass is 352 g/mol. The number of anilines is 1. The first kappa shape index (κ1) is 17.9. The molecule has 1 fully saturated rings. The summed E-state index contributed by atoms with van der Waals surface area (Å²) in [5.41, 5.74) is 7.60. The van der Waals surface area contributed by atoms with Crippen molar-refractivity contribution in [3.8, 4) is 0 Å². The zero-order chi connectivity index (χ0) is 18.4. The fourth-order valence-electron chi connectivity index (χ4n) is 3.19. The minimum Gasteiger partial charge on any atom is -0.351 e. The lowest BCUT2D eigenvalue weighted by Crippen LogP contribution is -2.35. The Kier molecular flexibility index (Phi) is 5.86. The van der Waals surface area contributed by atoms with Crippen molar-refractivity contribution in [2.45, 2.75) is 13.0 Å². The molecule has 1 heterocycles. The van der Waals surface area contributed by atoms with Gasteiger partial charge in [-0.15, -0.1) is 0 Å². The minimum atomic E-state index is -0.616. The maximum Gasteiger partial charge on any atom is 0.316 e. The minimum absolute atomic E-state index is 0.0252. The van der Waals surface area contributed by atoms with E-state index in [1.54, 1.807) is 24.3 Å². The van der Waals surface area contributed by atoms with Crippen molar-refractivity contribution in [1.29, 1.82) is 0 Å². The predicted octanol–water partition coefficient (Wildman–Crippen LogP) is 2.53. The number of primary amides is 1. The standard InChI is InChI=1S/C20H24N4O2/c21-20(26)22-18-9-7-17(8-10-18)19(25)24-12-4-11-23(13-14-24)15-16-5-2-1-3-6-16/h1-3,5-10H,4,11-15H2,(H3,21,22,26). The fourth-order valence-corrected chi connectivity index (χ4v) is 3.19. The van der Waals surface area contributed by atoms with Gasteiger partial charge in [-0.3, -0.25) is 9.69 Å². The molecule has 6 heteroatoms. The van der Waals surface area contributed by atoms with Gasteiger partial charge in [0.15, 0.2) is 0 Å². The van der Waals surface area contributed by atoms with Crippen molar-refractivity contribution < 1.29 is 9.59 Å². The molecule has 3 N–H and O–H groups in total. The van der Waals surface area contributed by atoms with Gasteiger partial charge in [-0.2, -0.15) is 0 Å². The highest BCUT2D eigenvalue weighted by molar-refractivity contribution is 5.95. The molecule has 136 valence electrons. The molecule has 0 aromatic heterocycles. The number of carbonyl (C=O) groups is 2. The van der Waals surface area contributed by atoms with Crippen LogP contribution in [0.25, 0.3) is 0 Å². The number of amides is 3. The molecule has 0 unspecified atom stereocenters. The molecule has 0 saturated carbocycles. The van der Waals surface area contributed by atoms with E-state index in [9.17, 15) is 9.59 Å². The molecule has 1 aliphatic rings. The third kappa shape index (κ3) is 4.83. The molecule has 1 saturated heterocycles. The van der Waals surface area contributed by atoms with Crippen LogP contribution in [0.4, 0.5) is 10.5 Å². The second kappa shape index (κ2) is 8.49. The molecule has 26 heavy (non-hydrogen) atoms. The summed E-state index contributed by atoms with van der Waals surface area (Å²) in [5.74, 6) is 0.0252. The second-order valence-electron chi connectivity index (χ2n) is 6.47. The zero-order valence-corrected chi connectivity index (χ0v) is 14.7. The van der Waals surface area contributed by atoms with E-state index in [0.717, 1.165) is 32.6 Å². The van der Waals surface area contributed by atoms with Crippen molar-refractivity contribution in [3.05, 3.63) is 65.7 Å². The third-order valence-corrected chi connectivity index (χ3v) is 4.52. The Bertz CT molecular complexity index is 746. The van der Waals surface area contributed by atoms with Gasteiger partial charge in [0.25, 0.3) is 5.91 Å².